The maximum absolute atomic E-state index is 12.8. The fraction of sp³-hybridized carbons (Fsp3) is 0.458. The first-order valence-electron chi connectivity index (χ1n) is 10.2. The van der Waals surface area contributed by atoms with Gasteiger partial charge in [-0.3, -0.25) is 14.4 Å². The lowest BCUT2D eigenvalue weighted by Crippen LogP contribution is -2.32. The van der Waals surface area contributed by atoms with Crippen LogP contribution >= 0.6 is 23.2 Å². The van der Waals surface area contributed by atoms with Gasteiger partial charge in [-0.25, -0.2) is 0 Å². The average Bonchev–Trinajstić information content (AvgIpc) is 2.70. The molecule has 0 saturated carbocycles. The molecule has 0 aromatic heterocycles. The van der Waals surface area contributed by atoms with Crippen LogP contribution in [0.5, 0.6) is 5.75 Å². The number of nitrogens with zero attached hydrogens (tertiary/aromatic N) is 1. The number of esters is 1. The topological polar surface area (TPSA) is 63.7 Å². The molecule has 0 saturated heterocycles. The molecule has 0 bridgehead atoms. The minimum Gasteiger partial charge on any atom is -0.427 e. The number of alkyl halides is 2. The number of hydrogen-bond acceptors (Lipinski definition) is 5. The molecular formula is C24H29Cl2NO4. The fourth-order valence-electron chi connectivity index (χ4n) is 3.82. The minimum absolute atomic E-state index is 0.0304. The number of ketones is 2. The third-order valence-corrected chi connectivity index (χ3v) is 5.93. The molecule has 0 spiro atoms. The fourth-order valence-corrected chi connectivity index (χ4v) is 4.23. The van der Waals surface area contributed by atoms with Crippen molar-refractivity contribution < 1.29 is 19.1 Å². The summed E-state index contributed by atoms with van der Waals surface area (Å²) in [6.07, 6.45) is -0.0304. The first kappa shape index (κ1) is 25.2. The van der Waals surface area contributed by atoms with Crippen LogP contribution in [-0.4, -0.2) is 42.4 Å². The van der Waals surface area contributed by atoms with Crippen LogP contribution in [0.4, 0.5) is 5.69 Å². The zero-order valence-electron chi connectivity index (χ0n) is 18.7. The summed E-state index contributed by atoms with van der Waals surface area (Å²) in [4.78, 5) is 40.0. The summed E-state index contributed by atoms with van der Waals surface area (Å²) in [5, 5.41) is 0. The normalized spacial score (nSPS) is 14.9. The zero-order valence-corrected chi connectivity index (χ0v) is 20.2. The number of Topliss-reactive ketones (excluding diaryl/α,β-unsaturated/α-hetero) is 2. The molecule has 0 aliphatic heterocycles. The standard InChI is InChI=1S/C24H29Cl2NO4/c1-15-16(2)23(30)21(17(3)22(15)29)24(4,5)14-20(28)31-19-8-6-18(7-9-19)27(12-10-25)13-11-26/h6-9H,10-14H2,1-5H3. The number of benzene rings is 1. The van der Waals surface area contributed by atoms with Crippen LogP contribution in [0.25, 0.3) is 0 Å². The van der Waals surface area contributed by atoms with E-state index in [1.165, 1.54) is 0 Å². The Balaban J connectivity index is 2.13. The third kappa shape index (κ3) is 5.78. The molecule has 1 aromatic rings. The van der Waals surface area contributed by atoms with Crippen LogP contribution in [0.15, 0.2) is 46.6 Å². The highest BCUT2D eigenvalue weighted by atomic mass is 35.5. The molecular weight excluding hydrogens is 437 g/mol. The van der Waals surface area contributed by atoms with Crippen LogP contribution in [0.1, 0.15) is 41.0 Å². The van der Waals surface area contributed by atoms with Gasteiger partial charge in [0.15, 0.2) is 11.6 Å². The summed E-state index contributed by atoms with van der Waals surface area (Å²) >= 11 is 11.7. The van der Waals surface area contributed by atoms with Crippen LogP contribution in [0.2, 0.25) is 0 Å². The molecule has 0 N–H and O–H groups in total. The molecule has 1 aliphatic carbocycles. The highest BCUT2D eigenvalue weighted by Crippen LogP contribution is 2.39. The van der Waals surface area contributed by atoms with E-state index >= 15 is 0 Å². The second-order valence-corrected chi connectivity index (χ2v) is 9.06. The molecule has 0 radical (unpaired) electrons. The Bertz CT molecular complexity index is 923. The molecule has 1 aromatic carbocycles. The van der Waals surface area contributed by atoms with Crippen LogP contribution in [0, 0.1) is 5.41 Å². The second kappa shape index (κ2) is 10.5. The van der Waals surface area contributed by atoms with Crippen molar-refractivity contribution >= 4 is 46.4 Å². The minimum atomic E-state index is -0.840. The molecule has 0 heterocycles. The lowest BCUT2D eigenvalue weighted by molar-refractivity contribution is -0.136. The average molecular weight is 466 g/mol. The molecule has 0 unspecified atom stereocenters. The number of carbonyl (C=O) groups excluding carboxylic acids is 3. The maximum atomic E-state index is 12.8. The predicted molar refractivity (Wildman–Crippen MR) is 125 cm³/mol. The van der Waals surface area contributed by atoms with Gasteiger partial charge in [0.25, 0.3) is 0 Å². The van der Waals surface area contributed by atoms with Gasteiger partial charge in [-0.2, -0.15) is 0 Å². The Morgan fingerprint density at radius 3 is 1.94 bits per heavy atom. The van der Waals surface area contributed by atoms with Crippen molar-refractivity contribution in [1.29, 1.82) is 0 Å². The molecule has 1 aliphatic rings. The molecule has 0 atom stereocenters. The van der Waals surface area contributed by atoms with E-state index in [0.29, 0.717) is 52.9 Å². The van der Waals surface area contributed by atoms with E-state index in [-0.39, 0.29) is 18.0 Å². The first-order chi connectivity index (χ1) is 14.5. The molecule has 7 heteroatoms. The largest absolute Gasteiger partial charge is 0.427 e. The van der Waals surface area contributed by atoms with Crippen LogP contribution in [-0.2, 0) is 14.4 Å². The number of allylic oxidation sites excluding steroid dienone is 4. The summed E-state index contributed by atoms with van der Waals surface area (Å²) in [5.41, 5.74) is 1.77. The quantitative estimate of drug-likeness (QED) is 0.219. The van der Waals surface area contributed by atoms with Gasteiger partial charge in [0.2, 0.25) is 0 Å². The molecule has 5 nitrogen and oxygen atoms in total. The smallest absolute Gasteiger partial charge is 0.312 e. The van der Waals surface area contributed by atoms with Crippen LogP contribution in [0.3, 0.4) is 0 Å². The van der Waals surface area contributed by atoms with Crippen molar-refractivity contribution in [3.8, 4) is 5.75 Å². The molecule has 168 valence electrons. The highest BCUT2D eigenvalue weighted by Gasteiger charge is 2.38. The van der Waals surface area contributed by atoms with Crippen molar-refractivity contribution in [2.75, 3.05) is 29.7 Å². The van der Waals surface area contributed by atoms with E-state index in [9.17, 15) is 14.4 Å². The summed E-state index contributed by atoms with van der Waals surface area (Å²) < 4.78 is 5.50. The van der Waals surface area contributed by atoms with Crippen molar-refractivity contribution in [3.63, 3.8) is 0 Å². The Morgan fingerprint density at radius 2 is 1.42 bits per heavy atom. The number of halogens is 2. The predicted octanol–water partition coefficient (Wildman–Crippen LogP) is 5.10. The first-order valence-corrected chi connectivity index (χ1v) is 11.3. The Kier molecular flexibility index (Phi) is 8.49. The van der Waals surface area contributed by atoms with Gasteiger partial charge in [-0.05, 0) is 45.0 Å². The summed E-state index contributed by atoms with van der Waals surface area (Å²) in [7, 11) is 0. The van der Waals surface area contributed by atoms with Gasteiger partial charge in [0.05, 0.1) is 6.42 Å². The lowest BCUT2D eigenvalue weighted by atomic mass is 9.71. The van der Waals surface area contributed by atoms with Gasteiger partial charge in [-0.15, -0.1) is 23.2 Å². The van der Waals surface area contributed by atoms with E-state index in [1.807, 2.05) is 17.0 Å². The van der Waals surface area contributed by atoms with Gasteiger partial charge >= 0.3 is 5.97 Å². The lowest BCUT2D eigenvalue weighted by Gasteiger charge is -2.31. The van der Waals surface area contributed by atoms with Crippen molar-refractivity contribution in [3.05, 3.63) is 46.6 Å². The van der Waals surface area contributed by atoms with Gasteiger partial charge in [-0.1, -0.05) is 13.8 Å². The zero-order chi connectivity index (χ0) is 23.3. The number of hydrogen-bond donors (Lipinski definition) is 0. The van der Waals surface area contributed by atoms with Crippen molar-refractivity contribution in [2.45, 2.75) is 41.0 Å². The Morgan fingerprint density at radius 1 is 0.903 bits per heavy atom. The molecule has 0 amide bonds. The Hall–Kier alpha value is -2.11. The molecule has 2 rings (SSSR count). The number of rotatable bonds is 9. The van der Waals surface area contributed by atoms with Gasteiger partial charge < -0.3 is 9.64 Å². The number of carbonyl (C=O) groups is 3. The summed E-state index contributed by atoms with van der Waals surface area (Å²) in [6.45, 7) is 9.84. The number of ether oxygens (including phenoxy) is 1. The Labute approximate surface area is 194 Å². The van der Waals surface area contributed by atoms with E-state index in [0.717, 1.165) is 5.69 Å². The molecule has 0 fully saturated rings. The summed E-state index contributed by atoms with van der Waals surface area (Å²) in [6, 6.07) is 7.12. The SMILES string of the molecule is CC1=C(C)C(=O)C(C(C)(C)CC(=O)Oc2ccc(N(CCCl)CCCl)cc2)=C(C)C1=O. The van der Waals surface area contributed by atoms with Gasteiger partial charge in [0, 0.05) is 58.2 Å². The van der Waals surface area contributed by atoms with E-state index in [1.54, 1.807) is 46.8 Å². The summed E-state index contributed by atoms with van der Waals surface area (Å²) in [5.74, 6) is 0.560. The van der Waals surface area contributed by atoms with Gasteiger partial charge in [0.1, 0.15) is 5.75 Å². The maximum Gasteiger partial charge on any atom is 0.312 e. The highest BCUT2D eigenvalue weighted by molar-refractivity contribution is 6.25. The number of anilines is 1. The van der Waals surface area contributed by atoms with Crippen molar-refractivity contribution in [2.24, 2.45) is 5.41 Å². The second-order valence-electron chi connectivity index (χ2n) is 8.30. The molecule has 31 heavy (non-hydrogen) atoms. The van der Waals surface area contributed by atoms with Crippen LogP contribution < -0.4 is 9.64 Å². The van der Waals surface area contributed by atoms with E-state index < -0.39 is 11.4 Å². The van der Waals surface area contributed by atoms with E-state index in [2.05, 4.69) is 0 Å². The van der Waals surface area contributed by atoms with Crippen molar-refractivity contribution in [1.82, 2.24) is 0 Å². The third-order valence-electron chi connectivity index (χ3n) is 5.59. The monoisotopic (exact) mass is 465 g/mol. The van der Waals surface area contributed by atoms with E-state index in [4.69, 9.17) is 27.9 Å².